The lowest BCUT2D eigenvalue weighted by molar-refractivity contribution is -0.143. The number of ether oxygens (including phenoxy) is 1. The second-order valence-electron chi connectivity index (χ2n) is 36.1. The molecule has 8 heterocycles. The molecule has 3 aromatic rings. The molecule has 9 amide bonds. The van der Waals surface area contributed by atoms with Gasteiger partial charge in [-0.1, -0.05) is 71.4 Å². The van der Waals surface area contributed by atoms with Crippen LogP contribution >= 0.6 is 7.82 Å². The van der Waals surface area contributed by atoms with Gasteiger partial charge < -0.3 is 90.1 Å². The number of hydrogen-bond donors (Lipinski definition) is 15. The number of aliphatic carboxylic acids is 1. The summed E-state index contributed by atoms with van der Waals surface area (Å²) in [6, 6.07) is 9.38. The van der Waals surface area contributed by atoms with E-state index >= 15 is 0 Å². The van der Waals surface area contributed by atoms with E-state index in [-0.39, 0.29) is 114 Å². The number of nitrogens with zero attached hydrogens (tertiary/aromatic N) is 6. The number of carbonyl (C=O) groups excluding carboxylic acids is 9. The third-order valence-corrected chi connectivity index (χ3v) is 28.3. The lowest BCUT2D eigenvalue weighted by Crippen LogP contribution is -2.56. The third-order valence-electron chi connectivity index (χ3n) is 27.1. The monoisotopic (exact) mass is 1730 g/mol. The van der Waals surface area contributed by atoms with Crippen LogP contribution in [0.3, 0.4) is 0 Å². The summed E-state index contributed by atoms with van der Waals surface area (Å²) in [5, 5.41) is 48.0. The van der Waals surface area contributed by atoms with Gasteiger partial charge in [0.25, 0.3) is 0 Å². The first kappa shape index (κ1) is 95.8. The van der Waals surface area contributed by atoms with Gasteiger partial charge in [0.15, 0.2) is 6.23 Å². The number of likely N-dealkylation sites (tertiary alicyclic amines) is 1. The van der Waals surface area contributed by atoms with Gasteiger partial charge in [-0.05, 0) is 171 Å². The molecule has 7 aliphatic rings. The standard InChI is InChI=1S/C87H128N17O18P/c1-47-38-60-62(39-48(47)2)104(46-97-60)81-74(113)75(63(45-105)120-81)122-123(118,119)121-49(3)44-96-71(112)32-33-84(8)56(40-67(91)108)78-87(11)86(10,43-69(93)110)55(27-31-70(111)94-35-17-18-36-95-79(114)61-23-19-37-103(61)80(115)57(22-15-16-34-88)98-58(82(116)117)28-24-52-20-13-12-14-21-52)73(102-87)51(5)77-85(9,42-68(92)109)53(25-29-65(89)106)59(99-77)41-64-83(6,7)54(26-30-66(90)107)72(100-64)50(4)76(84)101-78/h12-14,20-21,38-39,41,46,49,53-58,61,63,74-75,78,81,98-99,105,113H,15-19,22-37,40,42-45,88H2,1-11H3,(H2,89,106)(H2,90,107)(H2,91,108)(H2,92,109)(H2,93,110)(H,94,111)(H,95,114)(H,96,112)(H,116,117)(H,118,119)/b59-41?,72-50?,77-51-/t49-,53-,54-,55-,56+,57+,58+,61+,63-,74-,75-,78-,81+,84-,85+,86+,87+/m1/s1. The Hall–Kier alpha value is -9.45. The van der Waals surface area contributed by atoms with E-state index in [2.05, 4.69) is 31.6 Å². The van der Waals surface area contributed by atoms with Gasteiger partial charge in [0.2, 0.25) is 53.2 Å². The zero-order valence-electron chi connectivity index (χ0n) is 72.7. The molecule has 0 aliphatic carbocycles. The molecule has 35 nitrogen and oxygen atoms in total. The predicted octanol–water partition coefficient (Wildman–Crippen LogP) is 4.85. The van der Waals surface area contributed by atoms with E-state index in [1.165, 1.54) is 18.2 Å². The van der Waals surface area contributed by atoms with Gasteiger partial charge in [-0.2, -0.15) is 0 Å². The largest absolute Gasteiger partial charge is 0.480 e. The lowest BCUT2D eigenvalue weighted by atomic mass is 9.55. The van der Waals surface area contributed by atoms with Crippen LogP contribution in [0.4, 0.5) is 0 Å². The first-order valence-corrected chi connectivity index (χ1v) is 44.5. The highest BCUT2D eigenvalue weighted by molar-refractivity contribution is 7.47. The molecule has 2 aromatic carbocycles. The van der Waals surface area contributed by atoms with Crippen LogP contribution in [0.2, 0.25) is 0 Å². The van der Waals surface area contributed by atoms with Crippen molar-refractivity contribution in [3.05, 3.63) is 99.8 Å². The number of carboxylic acid groups (broad SMARTS) is 1. The van der Waals surface area contributed by atoms with E-state index in [1.54, 1.807) is 4.57 Å². The van der Waals surface area contributed by atoms with Crippen molar-refractivity contribution in [2.45, 2.75) is 265 Å². The van der Waals surface area contributed by atoms with Gasteiger partial charge in [-0.15, -0.1) is 0 Å². The van der Waals surface area contributed by atoms with E-state index in [0.29, 0.717) is 121 Å². The molecule has 1 unspecified atom stereocenters. The van der Waals surface area contributed by atoms with E-state index in [4.69, 9.17) is 63.2 Å². The van der Waals surface area contributed by atoms with Crippen molar-refractivity contribution >= 4 is 95.1 Å². The number of rotatable bonds is 43. The molecule has 3 fully saturated rings. The Morgan fingerprint density at radius 1 is 0.756 bits per heavy atom. The summed E-state index contributed by atoms with van der Waals surface area (Å²) in [7, 11) is -5.13. The van der Waals surface area contributed by atoms with Gasteiger partial charge in [-0.25, -0.2) is 9.55 Å². The van der Waals surface area contributed by atoms with Crippen molar-refractivity contribution in [1.29, 1.82) is 0 Å². The van der Waals surface area contributed by atoms with Gasteiger partial charge in [0.05, 0.1) is 47.7 Å². The number of allylic oxidation sites excluding steroid dienone is 6. The van der Waals surface area contributed by atoms with Gasteiger partial charge in [0.1, 0.15) is 30.4 Å². The highest BCUT2D eigenvalue weighted by Gasteiger charge is 2.67. The van der Waals surface area contributed by atoms with Crippen LogP contribution in [0, 0.1) is 59.2 Å². The predicted molar refractivity (Wildman–Crippen MR) is 460 cm³/mol. The van der Waals surface area contributed by atoms with Crippen molar-refractivity contribution in [1.82, 2.24) is 41.0 Å². The molecule has 8 bridgehead atoms. The Morgan fingerprint density at radius 2 is 1.41 bits per heavy atom. The molecular weight excluding hydrogens is 1600 g/mol. The summed E-state index contributed by atoms with van der Waals surface area (Å²) >= 11 is 0. The summed E-state index contributed by atoms with van der Waals surface area (Å²) in [6.45, 7) is 20.2. The van der Waals surface area contributed by atoms with Gasteiger partial charge >= 0.3 is 13.8 Å². The van der Waals surface area contributed by atoms with Crippen molar-refractivity contribution in [2.75, 3.05) is 39.3 Å². The summed E-state index contributed by atoms with van der Waals surface area (Å²) in [5.41, 5.74) is 38.2. The number of hydrogen-bond acceptors (Lipinski definition) is 23. The van der Waals surface area contributed by atoms with Crippen molar-refractivity contribution in [3.63, 3.8) is 0 Å². The Kier molecular flexibility index (Phi) is 31.0. The number of nitrogens with two attached hydrogens (primary N) is 6. The normalized spacial score (nSPS) is 28.9. The SMILES string of the molecule is CC1=C2N=C(C=C3N/C(=C(/C)C4=N[C@@](C)([C@@H]5N=C1[C@](C)(CCC(=O)NC[C@@H](C)OP(=O)(O)O[C@H]1[C@@H](O)[C@@H](n6cnc7cc(C)c(C)cc76)O[C@@H]1CO)[C@H]5CC(N)=O)[C@@](C)(CC(N)=O)[C@@H]4CCC(=O)NCCCCNC(=O)[C@@H]1CCCN1C(=O)[C@H](CCCCN)N[C@@H](CCc1ccccc1)C(=O)O)[C@@](C)(CC(N)=O)[C@@H]3CCC(N)=O)C(C)(C)[C@@H]2CCC(N)=O. The highest BCUT2D eigenvalue weighted by atomic mass is 31.2. The van der Waals surface area contributed by atoms with Gasteiger partial charge in [0, 0.05) is 151 Å². The van der Waals surface area contributed by atoms with Crippen LogP contribution in [0.1, 0.15) is 207 Å². The maximum atomic E-state index is 14.7. The van der Waals surface area contributed by atoms with Crippen molar-refractivity contribution in [3.8, 4) is 0 Å². The van der Waals surface area contributed by atoms with Gasteiger partial charge in [-0.3, -0.25) is 77.3 Å². The summed E-state index contributed by atoms with van der Waals surface area (Å²) in [6.07, 6.45) is -0.884. The molecule has 0 radical (unpaired) electrons. The van der Waals surface area contributed by atoms with Crippen LogP contribution in [-0.4, -0.2) is 204 Å². The van der Waals surface area contributed by atoms with E-state index in [9.17, 15) is 72.7 Å². The minimum Gasteiger partial charge on any atom is -0.480 e. The molecule has 0 saturated carbocycles. The molecule has 36 heteroatoms. The number of imidazole rings is 1. The number of fused-ring (bicyclic) bond motifs is 7. The number of aryl methyl sites for hydroxylation is 3. The number of unbranched alkanes of at least 4 members (excludes halogenated alkanes) is 2. The minimum atomic E-state index is -5.13. The number of carbonyl (C=O) groups is 10. The van der Waals surface area contributed by atoms with Crippen LogP contribution in [0.5, 0.6) is 0 Å². The zero-order valence-corrected chi connectivity index (χ0v) is 73.6. The highest BCUT2D eigenvalue weighted by Crippen LogP contribution is 2.63. The average molecular weight is 1730 g/mol. The number of phosphoric acid groups is 1. The number of benzene rings is 2. The molecule has 123 heavy (non-hydrogen) atoms. The molecule has 7 aliphatic heterocycles. The summed E-state index contributed by atoms with van der Waals surface area (Å²) in [4.78, 5) is 173. The Balaban J connectivity index is 0.927. The maximum Gasteiger partial charge on any atom is 0.472 e. The molecular formula is C87H128N17O18P. The number of aliphatic imine (C=N–C) groups is 3. The number of nitrogens with one attached hydrogen (secondary N) is 5. The lowest BCUT2D eigenvalue weighted by Gasteiger charge is -2.48. The number of primary amides is 5. The molecule has 18 atom stereocenters. The second-order valence-corrected chi connectivity index (χ2v) is 37.4. The van der Waals surface area contributed by atoms with Crippen LogP contribution in [-0.2, 0) is 72.7 Å². The quantitative estimate of drug-likeness (QED) is 0.0266. The van der Waals surface area contributed by atoms with E-state index < -0.39 is 162 Å². The summed E-state index contributed by atoms with van der Waals surface area (Å²) < 4.78 is 32.6. The second kappa shape index (κ2) is 39.8. The Morgan fingerprint density at radius 3 is 2.05 bits per heavy atom. The molecule has 10 rings (SSSR count). The molecule has 0 spiro atoms. The molecule has 3 saturated heterocycles. The number of aliphatic hydroxyl groups excluding tert-OH is 2. The number of phosphoric ester groups is 1. The molecule has 1 aromatic heterocycles. The smallest absolute Gasteiger partial charge is 0.472 e. The third kappa shape index (κ3) is 21.2. The van der Waals surface area contributed by atoms with E-state index in [1.807, 2.05) is 118 Å². The van der Waals surface area contributed by atoms with E-state index in [0.717, 1.165) is 16.7 Å². The van der Waals surface area contributed by atoms with Crippen molar-refractivity contribution in [2.24, 2.45) is 94.7 Å². The maximum absolute atomic E-state index is 14.7. The zero-order chi connectivity index (χ0) is 90.2. The van der Waals surface area contributed by atoms with Crippen LogP contribution in [0.25, 0.3) is 11.0 Å². The fraction of sp³-hybridized carbons (Fsp3) is 0.632. The number of aliphatic hydroxyl groups is 2. The number of carboxylic acids is 1. The first-order valence-electron chi connectivity index (χ1n) is 43.0. The molecule has 674 valence electrons. The van der Waals surface area contributed by atoms with Crippen LogP contribution in [0.15, 0.2) is 98.1 Å². The van der Waals surface area contributed by atoms with Crippen LogP contribution < -0.4 is 61.0 Å². The number of aromatic nitrogens is 2. The average Bonchev–Trinajstić information content (AvgIpc) is 1.52. The molecule has 21 N–H and O–H groups in total. The fourth-order valence-corrected chi connectivity index (χ4v) is 21.2. The Bertz CT molecular complexity index is 4750. The minimum absolute atomic E-state index is 0.0244. The summed E-state index contributed by atoms with van der Waals surface area (Å²) in [5.74, 6) is -9.20. The first-order chi connectivity index (χ1) is 57.9. The van der Waals surface area contributed by atoms with Crippen molar-refractivity contribution < 1.29 is 86.5 Å². The Labute approximate surface area is 718 Å². The topological polar surface area (TPSA) is 571 Å². The number of amides is 9. The fourth-order valence-electron chi connectivity index (χ4n) is 20.1.